The predicted molar refractivity (Wildman–Crippen MR) is 160 cm³/mol. The number of nitrogens with zero attached hydrogens (tertiary/aromatic N) is 1. The van der Waals surface area contributed by atoms with Crippen LogP contribution >= 0.6 is 0 Å². The van der Waals surface area contributed by atoms with Crippen molar-refractivity contribution in [2.75, 3.05) is 13.7 Å². The van der Waals surface area contributed by atoms with Crippen molar-refractivity contribution in [2.24, 2.45) is 5.41 Å². The molecule has 0 spiro atoms. The standard InChI is InChI=1S/C33H47NO7/c1-32(2,3)29-18-22-17-28(40-16-14-12-10-8-9-11-13-15-30(36)41-33(4,5)6)27(39-7)19-23(22)25-20-26(35)24(31(37)38)21-34(25)29/h17,19-21,29H,8-16,18H2,1-7H3,(H,37,38)/t29-/m0/s1. The normalized spacial score (nSPS) is 14.7. The van der Waals surface area contributed by atoms with Gasteiger partial charge in [0.2, 0.25) is 0 Å². The SMILES string of the molecule is COc1cc2c(cc1OCCCCCCCCCC(=O)OC(C)(C)C)C[C@@H](C(C)(C)C)n1cc(C(=O)O)c(=O)cc1-2. The molecule has 1 aliphatic rings. The molecule has 3 rings (SSSR count). The summed E-state index contributed by atoms with van der Waals surface area (Å²) < 4.78 is 19.1. The zero-order chi connectivity index (χ0) is 30.4. The van der Waals surface area contributed by atoms with Crippen LogP contribution in [0.15, 0.2) is 29.2 Å². The van der Waals surface area contributed by atoms with Gasteiger partial charge in [-0.3, -0.25) is 9.59 Å². The molecular weight excluding hydrogens is 522 g/mol. The molecule has 0 saturated carbocycles. The number of carboxylic acids is 1. The fourth-order valence-corrected chi connectivity index (χ4v) is 5.33. The average molecular weight is 570 g/mol. The first-order valence-corrected chi connectivity index (χ1v) is 14.8. The van der Waals surface area contributed by atoms with Crippen molar-refractivity contribution in [3.05, 3.63) is 45.7 Å². The number of aromatic nitrogens is 1. The minimum atomic E-state index is -1.22. The maximum atomic E-state index is 12.6. The van der Waals surface area contributed by atoms with Gasteiger partial charge in [0.1, 0.15) is 11.2 Å². The topological polar surface area (TPSA) is 104 Å². The molecule has 0 amide bonds. The third-order valence-corrected chi connectivity index (χ3v) is 7.43. The van der Waals surface area contributed by atoms with Crippen molar-refractivity contribution in [2.45, 2.75) is 111 Å². The fraction of sp³-hybridized carbons (Fsp3) is 0.606. The third-order valence-electron chi connectivity index (χ3n) is 7.43. The van der Waals surface area contributed by atoms with Crippen molar-refractivity contribution < 1.29 is 28.9 Å². The number of carbonyl (C=O) groups excluding carboxylic acids is 1. The molecule has 0 aliphatic carbocycles. The summed E-state index contributed by atoms with van der Waals surface area (Å²) >= 11 is 0. The van der Waals surface area contributed by atoms with Gasteiger partial charge >= 0.3 is 11.9 Å². The van der Waals surface area contributed by atoms with Gasteiger partial charge in [-0.05, 0) is 63.1 Å². The van der Waals surface area contributed by atoms with E-state index in [1.807, 2.05) is 37.5 Å². The molecule has 1 atom stereocenters. The highest BCUT2D eigenvalue weighted by Crippen LogP contribution is 2.45. The lowest BCUT2D eigenvalue weighted by molar-refractivity contribution is -0.154. The van der Waals surface area contributed by atoms with Gasteiger partial charge in [-0.15, -0.1) is 0 Å². The maximum absolute atomic E-state index is 12.6. The second-order valence-corrected chi connectivity index (χ2v) is 13.1. The van der Waals surface area contributed by atoms with Crippen molar-refractivity contribution in [1.82, 2.24) is 4.57 Å². The van der Waals surface area contributed by atoms with Crippen molar-refractivity contribution in [1.29, 1.82) is 0 Å². The van der Waals surface area contributed by atoms with Gasteiger partial charge in [-0.1, -0.05) is 52.9 Å². The molecule has 0 bridgehead atoms. The van der Waals surface area contributed by atoms with E-state index in [2.05, 4.69) is 20.8 Å². The number of benzene rings is 1. The number of esters is 1. The molecule has 1 aromatic carbocycles. The number of unbranched alkanes of at least 4 members (excludes halogenated alkanes) is 6. The first-order valence-electron chi connectivity index (χ1n) is 14.8. The molecule has 8 heteroatoms. The van der Waals surface area contributed by atoms with Crippen LogP contribution in [0, 0.1) is 5.41 Å². The molecule has 1 aliphatic heterocycles. The molecule has 226 valence electrons. The first-order chi connectivity index (χ1) is 19.2. The third kappa shape index (κ3) is 8.85. The van der Waals surface area contributed by atoms with Crippen molar-refractivity contribution >= 4 is 11.9 Å². The van der Waals surface area contributed by atoms with E-state index >= 15 is 0 Å². The summed E-state index contributed by atoms with van der Waals surface area (Å²) in [7, 11) is 1.60. The van der Waals surface area contributed by atoms with Gasteiger partial charge in [-0.25, -0.2) is 4.79 Å². The molecular formula is C33H47NO7. The summed E-state index contributed by atoms with van der Waals surface area (Å²) in [6.07, 6.45) is 9.90. The highest BCUT2D eigenvalue weighted by Gasteiger charge is 2.34. The number of aromatic carboxylic acids is 1. The summed E-state index contributed by atoms with van der Waals surface area (Å²) in [5.74, 6) is -0.0711. The van der Waals surface area contributed by atoms with Gasteiger partial charge in [0.25, 0.3) is 0 Å². The molecule has 0 saturated heterocycles. The van der Waals surface area contributed by atoms with Gasteiger partial charge in [0, 0.05) is 30.3 Å². The summed E-state index contributed by atoms with van der Waals surface area (Å²) in [5, 5.41) is 9.54. The van der Waals surface area contributed by atoms with Crippen LogP contribution in [-0.4, -0.2) is 40.9 Å². The van der Waals surface area contributed by atoms with Gasteiger partial charge < -0.3 is 23.9 Å². The van der Waals surface area contributed by atoms with E-state index in [-0.39, 0.29) is 23.0 Å². The quantitative estimate of drug-likeness (QED) is 0.201. The van der Waals surface area contributed by atoms with E-state index in [4.69, 9.17) is 14.2 Å². The lowest BCUT2D eigenvalue weighted by Crippen LogP contribution is -2.32. The number of hydrogen-bond acceptors (Lipinski definition) is 6. The zero-order valence-electron chi connectivity index (χ0n) is 25.8. The predicted octanol–water partition coefficient (Wildman–Crippen LogP) is 7.21. The number of methoxy groups -OCH3 is 1. The second kappa shape index (κ2) is 13.6. The number of carbonyl (C=O) groups is 2. The van der Waals surface area contributed by atoms with E-state index < -0.39 is 17.0 Å². The van der Waals surface area contributed by atoms with Crippen molar-refractivity contribution in [3.63, 3.8) is 0 Å². The van der Waals surface area contributed by atoms with Crippen LogP contribution in [0.25, 0.3) is 11.3 Å². The monoisotopic (exact) mass is 569 g/mol. The molecule has 0 unspecified atom stereocenters. The Hall–Kier alpha value is -3.29. The van der Waals surface area contributed by atoms with Gasteiger partial charge in [0.05, 0.1) is 19.4 Å². The Morgan fingerprint density at radius 1 is 0.927 bits per heavy atom. The summed E-state index contributed by atoms with van der Waals surface area (Å²) in [4.78, 5) is 36.1. The van der Waals surface area contributed by atoms with Crippen LogP contribution in [0.1, 0.15) is 115 Å². The number of pyridine rings is 1. The molecule has 2 heterocycles. The Morgan fingerprint density at radius 3 is 2.15 bits per heavy atom. The van der Waals surface area contributed by atoms with Crippen LogP contribution in [0.3, 0.4) is 0 Å². The number of hydrogen-bond donors (Lipinski definition) is 1. The van der Waals surface area contributed by atoms with E-state index in [0.717, 1.165) is 56.1 Å². The largest absolute Gasteiger partial charge is 0.493 e. The van der Waals surface area contributed by atoms with Crippen LogP contribution in [0.2, 0.25) is 0 Å². The minimum Gasteiger partial charge on any atom is -0.493 e. The lowest BCUT2D eigenvalue weighted by atomic mass is 9.78. The van der Waals surface area contributed by atoms with Crippen LogP contribution in [0.4, 0.5) is 0 Å². The Kier molecular flexibility index (Phi) is 10.7. The van der Waals surface area contributed by atoms with Crippen LogP contribution in [0.5, 0.6) is 11.5 Å². The van der Waals surface area contributed by atoms with Crippen LogP contribution in [-0.2, 0) is 16.0 Å². The highest BCUT2D eigenvalue weighted by atomic mass is 16.6. The van der Waals surface area contributed by atoms with Gasteiger partial charge in [-0.2, -0.15) is 0 Å². The molecule has 0 fully saturated rings. The fourth-order valence-electron chi connectivity index (χ4n) is 5.33. The Morgan fingerprint density at radius 2 is 1.56 bits per heavy atom. The minimum absolute atomic E-state index is 0.0333. The Bertz CT molecular complexity index is 1280. The molecule has 1 N–H and O–H groups in total. The Balaban J connectivity index is 1.57. The average Bonchev–Trinajstić information content (AvgIpc) is 2.86. The summed E-state index contributed by atoms with van der Waals surface area (Å²) in [6, 6.07) is 5.30. The smallest absolute Gasteiger partial charge is 0.341 e. The lowest BCUT2D eigenvalue weighted by Gasteiger charge is -2.39. The maximum Gasteiger partial charge on any atom is 0.341 e. The molecule has 2 aromatic rings. The molecule has 41 heavy (non-hydrogen) atoms. The summed E-state index contributed by atoms with van der Waals surface area (Å²) in [6.45, 7) is 12.6. The zero-order valence-corrected chi connectivity index (χ0v) is 25.8. The highest BCUT2D eigenvalue weighted by molar-refractivity contribution is 5.88. The molecule has 8 nitrogen and oxygen atoms in total. The van der Waals surface area contributed by atoms with Crippen LogP contribution < -0.4 is 14.9 Å². The number of fused-ring (bicyclic) bond motifs is 3. The Labute approximate surface area is 244 Å². The molecule has 0 radical (unpaired) electrons. The van der Waals surface area contributed by atoms with E-state index in [1.165, 1.54) is 12.3 Å². The summed E-state index contributed by atoms with van der Waals surface area (Å²) in [5.41, 5.74) is 1.28. The first kappa shape index (κ1) is 32.2. The number of ether oxygens (including phenoxy) is 3. The van der Waals surface area contributed by atoms with Gasteiger partial charge in [0.15, 0.2) is 16.9 Å². The number of rotatable bonds is 13. The van der Waals surface area contributed by atoms with E-state index in [9.17, 15) is 19.5 Å². The molecule has 1 aromatic heterocycles. The van der Waals surface area contributed by atoms with Crippen molar-refractivity contribution in [3.8, 4) is 22.8 Å². The van der Waals surface area contributed by atoms with E-state index in [1.54, 1.807) is 7.11 Å². The second-order valence-electron chi connectivity index (χ2n) is 13.1. The van der Waals surface area contributed by atoms with E-state index in [0.29, 0.717) is 36.6 Å². The number of carboxylic acid groups (broad SMARTS) is 1.